The van der Waals surface area contributed by atoms with E-state index >= 15 is 0 Å². The molecule has 0 aromatic heterocycles. The number of ether oxygens (including phenoxy) is 1. The number of amides is 1. The zero-order valence-corrected chi connectivity index (χ0v) is 11.2. The number of rotatable bonds is 6. The van der Waals surface area contributed by atoms with Gasteiger partial charge in [0.05, 0.1) is 18.1 Å². The van der Waals surface area contributed by atoms with Crippen LogP contribution in [0, 0.1) is 5.92 Å². The first-order valence-electron chi connectivity index (χ1n) is 6.50. The lowest BCUT2D eigenvalue weighted by Gasteiger charge is -2.25. The lowest BCUT2D eigenvalue weighted by molar-refractivity contribution is -0.124. The number of hydrogen-bond acceptors (Lipinski definition) is 3. The van der Waals surface area contributed by atoms with Crippen LogP contribution in [0.25, 0.3) is 0 Å². The average molecular weight is 243 g/mol. The van der Waals surface area contributed by atoms with Crippen molar-refractivity contribution in [3.8, 4) is 0 Å². The van der Waals surface area contributed by atoms with Crippen molar-refractivity contribution in [2.24, 2.45) is 5.92 Å². The van der Waals surface area contributed by atoms with Crippen LogP contribution >= 0.6 is 0 Å². The highest BCUT2D eigenvalue weighted by Crippen LogP contribution is 2.17. The average Bonchev–Trinajstić information content (AvgIpc) is 2.65. The summed E-state index contributed by atoms with van der Waals surface area (Å²) < 4.78 is 5.40. The maximum absolute atomic E-state index is 11.6. The van der Waals surface area contributed by atoms with Crippen molar-refractivity contribution in [2.45, 2.75) is 58.2 Å². The van der Waals surface area contributed by atoms with Crippen molar-refractivity contribution in [1.82, 2.24) is 5.32 Å². The van der Waals surface area contributed by atoms with E-state index in [4.69, 9.17) is 4.74 Å². The van der Waals surface area contributed by atoms with Gasteiger partial charge in [-0.25, -0.2) is 0 Å². The first-order valence-corrected chi connectivity index (χ1v) is 6.50. The highest BCUT2D eigenvalue weighted by molar-refractivity contribution is 5.76. The van der Waals surface area contributed by atoms with Crippen LogP contribution in [0.15, 0.2) is 0 Å². The minimum atomic E-state index is -0.819. The zero-order valence-electron chi connectivity index (χ0n) is 11.2. The van der Waals surface area contributed by atoms with Gasteiger partial charge in [0, 0.05) is 13.2 Å². The van der Waals surface area contributed by atoms with Crippen LogP contribution in [0.2, 0.25) is 0 Å². The standard InChI is InChI=1S/C13H25NO3/c1-10(2)8-13(3,16)9-14-12(15)7-11-5-4-6-17-11/h10-11,16H,4-9H2,1-3H3,(H,14,15). The van der Waals surface area contributed by atoms with E-state index in [1.54, 1.807) is 6.92 Å². The third-order valence-electron chi connectivity index (χ3n) is 2.95. The molecule has 1 rings (SSSR count). The Morgan fingerprint density at radius 1 is 1.59 bits per heavy atom. The van der Waals surface area contributed by atoms with E-state index in [0.717, 1.165) is 19.4 Å². The molecule has 0 bridgehead atoms. The van der Waals surface area contributed by atoms with E-state index in [-0.39, 0.29) is 12.0 Å². The number of carbonyl (C=O) groups is 1. The minimum Gasteiger partial charge on any atom is -0.388 e. The number of hydrogen-bond donors (Lipinski definition) is 2. The van der Waals surface area contributed by atoms with Gasteiger partial charge in [-0.15, -0.1) is 0 Å². The molecule has 4 heteroatoms. The van der Waals surface area contributed by atoms with Gasteiger partial charge in [0.25, 0.3) is 0 Å². The van der Waals surface area contributed by atoms with Gasteiger partial charge in [0.1, 0.15) is 0 Å². The Bertz CT molecular complexity index is 245. The molecule has 0 saturated carbocycles. The van der Waals surface area contributed by atoms with Crippen LogP contribution in [-0.4, -0.2) is 35.9 Å². The van der Waals surface area contributed by atoms with Crippen LogP contribution < -0.4 is 5.32 Å². The number of carbonyl (C=O) groups excluding carboxylic acids is 1. The van der Waals surface area contributed by atoms with Gasteiger partial charge >= 0.3 is 0 Å². The molecular formula is C13H25NO3. The maximum atomic E-state index is 11.6. The van der Waals surface area contributed by atoms with Crippen molar-refractivity contribution in [3.05, 3.63) is 0 Å². The normalized spacial score (nSPS) is 23.7. The molecule has 2 atom stereocenters. The summed E-state index contributed by atoms with van der Waals surface area (Å²) in [5.74, 6) is 0.390. The number of nitrogens with one attached hydrogen (secondary N) is 1. The smallest absolute Gasteiger partial charge is 0.222 e. The Labute approximate surface area is 104 Å². The molecule has 1 fully saturated rings. The highest BCUT2D eigenvalue weighted by Gasteiger charge is 2.24. The summed E-state index contributed by atoms with van der Waals surface area (Å²) in [6, 6.07) is 0. The highest BCUT2D eigenvalue weighted by atomic mass is 16.5. The molecule has 0 spiro atoms. The second-order valence-corrected chi connectivity index (χ2v) is 5.71. The molecule has 17 heavy (non-hydrogen) atoms. The quantitative estimate of drug-likeness (QED) is 0.742. The van der Waals surface area contributed by atoms with Gasteiger partial charge in [-0.2, -0.15) is 0 Å². The fourth-order valence-corrected chi connectivity index (χ4v) is 2.32. The van der Waals surface area contributed by atoms with Crippen molar-refractivity contribution in [3.63, 3.8) is 0 Å². The molecule has 1 amide bonds. The largest absolute Gasteiger partial charge is 0.388 e. The molecule has 1 aliphatic heterocycles. The summed E-state index contributed by atoms with van der Waals surface area (Å²) in [5.41, 5.74) is -0.819. The molecule has 1 heterocycles. The molecule has 4 nitrogen and oxygen atoms in total. The summed E-state index contributed by atoms with van der Waals surface area (Å²) in [6.45, 7) is 6.96. The van der Waals surface area contributed by atoms with Gasteiger partial charge in [-0.1, -0.05) is 13.8 Å². The molecule has 0 aromatic rings. The summed E-state index contributed by atoms with van der Waals surface area (Å²) in [6.07, 6.45) is 3.19. The van der Waals surface area contributed by atoms with E-state index in [0.29, 0.717) is 25.3 Å². The monoisotopic (exact) mass is 243 g/mol. The van der Waals surface area contributed by atoms with Crippen molar-refractivity contribution in [1.29, 1.82) is 0 Å². The lowest BCUT2D eigenvalue weighted by atomic mass is 9.94. The number of aliphatic hydroxyl groups is 1. The molecule has 2 N–H and O–H groups in total. The van der Waals surface area contributed by atoms with Gasteiger partial charge in [-0.05, 0) is 32.1 Å². The van der Waals surface area contributed by atoms with E-state index in [1.807, 2.05) is 0 Å². The van der Waals surface area contributed by atoms with E-state index in [2.05, 4.69) is 19.2 Å². The van der Waals surface area contributed by atoms with Crippen molar-refractivity contribution < 1.29 is 14.6 Å². The van der Waals surface area contributed by atoms with E-state index < -0.39 is 5.60 Å². The molecule has 0 aromatic carbocycles. The topological polar surface area (TPSA) is 58.6 Å². The third-order valence-corrected chi connectivity index (χ3v) is 2.95. The van der Waals surface area contributed by atoms with Crippen LogP contribution in [0.4, 0.5) is 0 Å². The Balaban J connectivity index is 2.22. The summed E-state index contributed by atoms with van der Waals surface area (Å²) in [4.78, 5) is 11.6. The SMILES string of the molecule is CC(C)CC(C)(O)CNC(=O)CC1CCCO1. The minimum absolute atomic E-state index is 0.0269. The Kier molecular flexibility index (Phi) is 5.40. The predicted molar refractivity (Wildman–Crippen MR) is 66.7 cm³/mol. The second kappa shape index (κ2) is 6.36. The first kappa shape index (κ1) is 14.5. The van der Waals surface area contributed by atoms with Gasteiger partial charge in [0.2, 0.25) is 5.91 Å². The first-order chi connectivity index (χ1) is 7.89. The molecule has 1 saturated heterocycles. The van der Waals surface area contributed by atoms with E-state index in [9.17, 15) is 9.90 Å². The Hall–Kier alpha value is -0.610. The van der Waals surface area contributed by atoms with Gasteiger partial charge in [-0.3, -0.25) is 4.79 Å². The fraction of sp³-hybridized carbons (Fsp3) is 0.923. The zero-order chi connectivity index (χ0) is 12.9. The fourth-order valence-electron chi connectivity index (χ4n) is 2.32. The Morgan fingerprint density at radius 3 is 2.82 bits per heavy atom. The molecule has 2 unspecified atom stereocenters. The van der Waals surface area contributed by atoms with Crippen LogP contribution in [-0.2, 0) is 9.53 Å². The van der Waals surface area contributed by atoms with Crippen LogP contribution in [0.5, 0.6) is 0 Å². The molecule has 0 radical (unpaired) electrons. The van der Waals surface area contributed by atoms with Crippen molar-refractivity contribution >= 4 is 5.91 Å². The molecule has 100 valence electrons. The summed E-state index contributed by atoms with van der Waals surface area (Å²) >= 11 is 0. The summed E-state index contributed by atoms with van der Waals surface area (Å²) in [5, 5.41) is 12.8. The Morgan fingerprint density at radius 2 is 2.29 bits per heavy atom. The third kappa shape index (κ3) is 6.03. The molecule has 1 aliphatic rings. The van der Waals surface area contributed by atoms with Gasteiger partial charge < -0.3 is 15.2 Å². The molecular weight excluding hydrogens is 218 g/mol. The van der Waals surface area contributed by atoms with Gasteiger partial charge in [0.15, 0.2) is 0 Å². The van der Waals surface area contributed by atoms with Crippen LogP contribution in [0.1, 0.15) is 46.5 Å². The second-order valence-electron chi connectivity index (χ2n) is 5.71. The lowest BCUT2D eigenvalue weighted by Crippen LogP contribution is -2.42. The maximum Gasteiger partial charge on any atom is 0.222 e. The van der Waals surface area contributed by atoms with Crippen LogP contribution in [0.3, 0.4) is 0 Å². The predicted octanol–water partition coefficient (Wildman–Crippen LogP) is 1.47. The van der Waals surface area contributed by atoms with Crippen molar-refractivity contribution in [2.75, 3.05) is 13.2 Å². The summed E-state index contributed by atoms with van der Waals surface area (Å²) in [7, 11) is 0. The molecule has 0 aliphatic carbocycles. The van der Waals surface area contributed by atoms with E-state index in [1.165, 1.54) is 0 Å².